The predicted octanol–water partition coefficient (Wildman–Crippen LogP) is -0.365. The van der Waals surface area contributed by atoms with Crippen molar-refractivity contribution in [3.8, 4) is 0 Å². The minimum atomic E-state index is 0. The topological polar surface area (TPSA) is 20.3 Å². The number of nitrogens with zero attached hydrogens (tertiary/aromatic N) is 6. The first-order chi connectivity index (χ1) is 30.7. The number of halogens is 4. The van der Waals surface area contributed by atoms with Crippen LogP contribution >= 0.6 is 23.5 Å². The number of pyridine rings is 2. The Morgan fingerprint density at radius 2 is 0.866 bits per heavy atom. The highest BCUT2D eigenvalue weighted by atomic mass is 127. The maximum atomic E-state index is 2.44. The van der Waals surface area contributed by atoms with Crippen LogP contribution in [0.1, 0.15) is 56.1 Å². The standard InChI is InChI=1S/C55H62N6S2.4HI/c1-56(2)44(24-18-38-60-40-36-42(46-26-7-9-28-48(46)60)20-15-34-54-58(5)50-30-11-13-32-52(50)62-54)22-17-23-45(57(3)4)25-19-39-61-41-37-43(47-27-8-10-29-49(47)61)21-16-35-55-59(6)51-31-12-14-33-53(51)63-55;;;;/h7-16,20-21,26-37,40-41H,17-19,22-25,38-39H2,1-6H3;4*1H/q+4;;;;/p-4. The van der Waals surface area contributed by atoms with Crippen molar-refractivity contribution in [2.45, 2.75) is 67.8 Å². The molecule has 352 valence electrons. The quantitative estimate of drug-likeness (QED) is 0.0751. The van der Waals surface area contributed by atoms with Gasteiger partial charge in [0.15, 0.2) is 23.8 Å². The molecule has 6 nitrogen and oxygen atoms in total. The number of aryl methyl sites for hydroxylation is 2. The van der Waals surface area contributed by atoms with E-state index in [0.717, 1.165) is 51.6 Å². The molecule has 2 aromatic heterocycles. The van der Waals surface area contributed by atoms with Gasteiger partial charge in [-0.05, 0) is 66.1 Å². The van der Waals surface area contributed by atoms with Gasteiger partial charge in [-0.3, -0.25) is 0 Å². The van der Waals surface area contributed by atoms with Crippen LogP contribution in [0.5, 0.6) is 0 Å². The highest BCUT2D eigenvalue weighted by Crippen LogP contribution is 2.45. The number of thioether (sulfide) groups is 2. The molecule has 2 aliphatic rings. The van der Waals surface area contributed by atoms with E-state index in [9.17, 15) is 0 Å². The van der Waals surface area contributed by atoms with E-state index in [1.165, 1.54) is 82.0 Å². The van der Waals surface area contributed by atoms with Gasteiger partial charge < -0.3 is 106 Å². The molecular formula is C55H62I4N6S2. The summed E-state index contributed by atoms with van der Waals surface area (Å²) >= 11 is 3.66. The summed E-state index contributed by atoms with van der Waals surface area (Å²) in [6.07, 6.45) is 25.7. The molecule has 12 heteroatoms. The summed E-state index contributed by atoms with van der Waals surface area (Å²) in [5.74, 6) is 0. The number of hydrogen-bond acceptors (Lipinski definition) is 4. The highest BCUT2D eigenvalue weighted by molar-refractivity contribution is 8.04. The Morgan fingerprint density at radius 3 is 1.27 bits per heavy atom. The molecule has 0 N–H and O–H groups in total. The van der Waals surface area contributed by atoms with Crippen molar-refractivity contribution in [1.29, 1.82) is 0 Å². The fraction of sp³-hybridized carbons (Fsp3) is 0.273. The lowest BCUT2D eigenvalue weighted by Gasteiger charge is -2.12. The predicted molar refractivity (Wildman–Crippen MR) is 270 cm³/mol. The van der Waals surface area contributed by atoms with Crippen LogP contribution in [0.2, 0.25) is 0 Å². The molecule has 4 heterocycles. The van der Waals surface area contributed by atoms with Crippen LogP contribution in [0.3, 0.4) is 0 Å². The molecule has 0 unspecified atom stereocenters. The van der Waals surface area contributed by atoms with Gasteiger partial charge in [-0.25, -0.2) is 9.15 Å². The zero-order valence-corrected chi connectivity index (χ0v) is 49.6. The molecule has 8 rings (SSSR count). The third-order valence-corrected chi connectivity index (χ3v) is 14.8. The second-order valence-electron chi connectivity index (χ2n) is 16.9. The van der Waals surface area contributed by atoms with Crippen molar-refractivity contribution in [2.24, 2.45) is 0 Å². The average Bonchev–Trinajstić information content (AvgIpc) is 3.80. The molecule has 0 amide bonds. The van der Waals surface area contributed by atoms with E-state index in [4.69, 9.17) is 0 Å². The largest absolute Gasteiger partial charge is 1.00 e. The summed E-state index contributed by atoms with van der Waals surface area (Å²) in [6.45, 7) is 1.99. The summed E-state index contributed by atoms with van der Waals surface area (Å²) < 4.78 is 9.60. The molecule has 0 saturated heterocycles. The molecule has 6 aromatic rings. The van der Waals surface area contributed by atoms with Crippen LogP contribution in [0.15, 0.2) is 166 Å². The zero-order valence-electron chi connectivity index (χ0n) is 39.4. The first-order valence-electron chi connectivity index (χ1n) is 22.4. The van der Waals surface area contributed by atoms with E-state index in [0.29, 0.717) is 0 Å². The molecule has 0 bridgehead atoms. The molecule has 0 fully saturated rings. The van der Waals surface area contributed by atoms with Crippen molar-refractivity contribution in [1.82, 2.24) is 0 Å². The number of rotatable bonds is 16. The Bertz CT molecular complexity index is 2640. The molecule has 2 aliphatic heterocycles. The van der Waals surface area contributed by atoms with Gasteiger partial charge in [0.25, 0.3) is 0 Å². The number of allylic oxidation sites excluding steroid dienone is 4. The number of para-hydroxylation sites is 4. The van der Waals surface area contributed by atoms with Crippen molar-refractivity contribution in [2.75, 3.05) is 52.1 Å². The zero-order chi connectivity index (χ0) is 43.7. The van der Waals surface area contributed by atoms with Crippen LogP contribution < -0.4 is 115 Å². The summed E-state index contributed by atoms with van der Waals surface area (Å²) in [4.78, 5) is 7.17. The Kier molecular flexibility index (Phi) is 23.4. The maximum Gasteiger partial charge on any atom is 0.213 e. The molecule has 67 heavy (non-hydrogen) atoms. The Balaban J connectivity index is 0.00000245. The molecule has 0 aliphatic carbocycles. The minimum absolute atomic E-state index is 0. The average molecular weight is 1380 g/mol. The normalized spacial score (nSPS) is 13.9. The van der Waals surface area contributed by atoms with E-state index < -0.39 is 0 Å². The second kappa shape index (κ2) is 27.6. The monoisotopic (exact) mass is 1380 g/mol. The molecule has 0 atom stereocenters. The minimum Gasteiger partial charge on any atom is -1.00 e. The van der Waals surface area contributed by atoms with Crippen LogP contribution in [-0.2, 0) is 13.1 Å². The lowest BCUT2D eigenvalue weighted by molar-refractivity contribution is -0.671. The molecule has 0 spiro atoms. The number of fused-ring (bicyclic) bond motifs is 4. The van der Waals surface area contributed by atoms with Gasteiger partial charge in [0, 0.05) is 86.7 Å². The van der Waals surface area contributed by atoms with E-state index in [2.05, 4.69) is 228 Å². The van der Waals surface area contributed by atoms with Gasteiger partial charge in [-0.2, -0.15) is 9.13 Å². The van der Waals surface area contributed by atoms with E-state index >= 15 is 0 Å². The lowest BCUT2D eigenvalue weighted by Crippen LogP contribution is -3.00. The number of aromatic nitrogens is 2. The van der Waals surface area contributed by atoms with Gasteiger partial charge in [0.2, 0.25) is 11.0 Å². The van der Waals surface area contributed by atoms with Crippen LogP contribution in [-0.4, -0.2) is 62.9 Å². The summed E-state index contributed by atoms with van der Waals surface area (Å²) in [6, 6.07) is 39.4. The molecular weight excluding hydrogens is 1320 g/mol. The van der Waals surface area contributed by atoms with E-state index in [-0.39, 0.29) is 95.9 Å². The van der Waals surface area contributed by atoms with E-state index in [1.54, 1.807) is 0 Å². The van der Waals surface area contributed by atoms with Gasteiger partial charge in [0.05, 0.1) is 32.2 Å². The third kappa shape index (κ3) is 14.2. The van der Waals surface area contributed by atoms with Gasteiger partial charge in [-0.15, -0.1) is 0 Å². The highest BCUT2D eigenvalue weighted by Gasteiger charge is 2.22. The summed E-state index contributed by atoms with van der Waals surface area (Å²) in [5, 5.41) is 5.07. The summed E-state index contributed by atoms with van der Waals surface area (Å²) in [7, 11) is 13.2. The Labute approximate surface area is 476 Å². The number of hydrogen-bond donors (Lipinski definition) is 0. The maximum absolute atomic E-state index is 2.44. The fourth-order valence-corrected chi connectivity index (χ4v) is 11.0. The van der Waals surface area contributed by atoms with Crippen LogP contribution in [0.4, 0.5) is 11.4 Å². The van der Waals surface area contributed by atoms with Crippen molar-refractivity contribution >= 4 is 80.3 Å². The van der Waals surface area contributed by atoms with Gasteiger partial charge >= 0.3 is 0 Å². The fourth-order valence-electron chi connectivity index (χ4n) is 8.85. The first kappa shape index (κ1) is 56.8. The van der Waals surface area contributed by atoms with Crippen LogP contribution in [0, 0.1) is 0 Å². The van der Waals surface area contributed by atoms with Gasteiger partial charge in [-0.1, -0.05) is 96.4 Å². The van der Waals surface area contributed by atoms with Crippen molar-refractivity contribution in [3.63, 3.8) is 0 Å². The molecule has 0 radical (unpaired) electrons. The Morgan fingerprint density at radius 1 is 0.493 bits per heavy atom. The first-order valence-corrected chi connectivity index (χ1v) is 24.0. The second-order valence-corrected chi connectivity index (χ2v) is 19.1. The van der Waals surface area contributed by atoms with Crippen molar-refractivity contribution in [3.05, 3.63) is 167 Å². The van der Waals surface area contributed by atoms with Crippen molar-refractivity contribution < 1.29 is 114 Å². The lowest BCUT2D eigenvalue weighted by atomic mass is 10.0. The third-order valence-electron chi connectivity index (χ3n) is 12.4. The molecule has 0 saturated carbocycles. The van der Waals surface area contributed by atoms with Gasteiger partial charge in [0.1, 0.15) is 41.3 Å². The van der Waals surface area contributed by atoms with E-state index in [1.807, 2.05) is 23.5 Å². The number of anilines is 2. The smallest absolute Gasteiger partial charge is 0.213 e. The number of benzene rings is 4. The SMILES string of the molecule is CN1C(=CC=Cc2cc[n+](CCCC(CCCC(CCC[n+]3ccc(C=CC=C4Sc5ccccc5N4C)c4ccccc43)=[N+](C)C)=[N+](C)C)c3ccccc23)Sc2ccccc21.[I-].[I-].[I-].[I-]. The summed E-state index contributed by atoms with van der Waals surface area (Å²) in [5.41, 5.74) is 10.7. The molecule has 4 aromatic carbocycles. The van der Waals surface area contributed by atoms with Crippen LogP contribution in [0.25, 0.3) is 34.0 Å². The Hall–Kier alpha value is -2.78.